The van der Waals surface area contributed by atoms with Crippen LogP contribution in [0.5, 0.6) is 5.75 Å². The molecule has 0 amide bonds. The van der Waals surface area contributed by atoms with Gasteiger partial charge in [0, 0.05) is 17.5 Å². The highest BCUT2D eigenvalue weighted by atomic mass is 19.4. The van der Waals surface area contributed by atoms with Crippen molar-refractivity contribution >= 4 is 0 Å². The van der Waals surface area contributed by atoms with Crippen molar-refractivity contribution in [2.75, 3.05) is 13.2 Å². The van der Waals surface area contributed by atoms with Gasteiger partial charge in [-0.05, 0) is 79.5 Å². The van der Waals surface area contributed by atoms with Crippen molar-refractivity contribution in [1.29, 1.82) is 0 Å². The van der Waals surface area contributed by atoms with Gasteiger partial charge in [-0.3, -0.25) is 0 Å². The predicted molar refractivity (Wildman–Crippen MR) is 142 cm³/mol. The van der Waals surface area contributed by atoms with E-state index in [4.69, 9.17) is 14.2 Å². The van der Waals surface area contributed by atoms with Crippen LogP contribution in [0.25, 0.3) is 0 Å². The molecule has 0 radical (unpaired) electrons. The van der Waals surface area contributed by atoms with Crippen LogP contribution in [0.1, 0.15) is 87.2 Å². The van der Waals surface area contributed by atoms with Crippen LogP contribution in [0.3, 0.4) is 0 Å². The summed E-state index contributed by atoms with van der Waals surface area (Å²) in [5.41, 5.74) is 0.398. The van der Waals surface area contributed by atoms with Crippen molar-refractivity contribution in [3.63, 3.8) is 0 Å². The molecule has 0 N–H and O–H groups in total. The largest absolute Gasteiger partial charge is 0.432 e. The molecule has 1 heterocycles. The first kappa shape index (κ1) is 31.1. The van der Waals surface area contributed by atoms with E-state index in [1.807, 2.05) is 0 Å². The second kappa shape index (κ2) is 12.7. The number of halogens is 7. The highest BCUT2D eigenvalue weighted by molar-refractivity contribution is 5.30. The van der Waals surface area contributed by atoms with Gasteiger partial charge in [-0.1, -0.05) is 38.0 Å². The summed E-state index contributed by atoms with van der Waals surface area (Å²) in [6, 6.07) is 7.12. The molecular weight excluding hydrogens is 565 g/mol. The van der Waals surface area contributed by atoms with Crippen molar-refractivity contribution in [3.8, 4) is 5.75 Å². The number of ether oxygens (including phenoxy) is 3. The molecule has 2 aliphatic carbocycles. The molecule has 10 heteroatoms. The van der Waals surface area contributed by atoms with Crippen molar-refractivity contribution in [1.82, 2.24) is 0 Å². The van der Waals surface area contributed by atoms with E-state index >= 15 is 4.39 Å². The van der Waals surface area contributed by atoms with E-state index < -0.39 is 53.9 Å². The first-order chi connectivity index (χ1) is 19.9. The second-order valence-corrected chi connectivity index (χ2v) is 12.3. The molecule has 42 heavy (non-hydrogen) atoms. The van der Waals surface area contributed by atoms with Gasteiger partial charge in [-0.2, -0.15) is 22.0 Å². The lowest BCUT2D eigenvalue weighted by Crippen LogP contribution is -2.37. The number of hydrogen-bond acceptors (Lipinski definition) is 3. The fourth-order valence-corrected chi connectivity index (χ4v) is 6.69. The quantitative estimate of drug-likeness (QED) is 0.296. The van der Waals surface area contributed by atoms with Crippen molar-refractivity contribution in [2.24, 2.45) is 23.7 Å². The molecule has 5 rings (SSSR count). The van der Waals surface area contributed by atoms with Gasteiger partial charge in [0.15, 0.2) is 6.29 Å². The lowest BCUT2D eigenvalue weighted by atomic mass is 9.76. The average molecular weight is 603 g/mol. The van der Waals surface area contributed by atoms with E-state index in [0.717, 1.165) is 18.1 Å². The molecule has 0 atom stereocenters. The summed E-state index contributed by atoms with van der Waals surface area (Å²) < 4.78 is 113. The minimum Gasteiger partial charge on any atom is -0.432 e. The molecule has 0 aromatic heterocycles. The molecule has 2 saturated carbocycles. The molecule has 1 saturated heterocycles. The van der Waals surface area contributed by atoms with Crippen LogP contribution in [0.2, 0.25) is 0 Å². The topological polar surface area (TPSA) is 27.7 Å². The third kappa shape index (κ3) is 7.59. The molecular formula is C32H37F7O3. The summed E-state index contributed by atoms with van der Waals surface area (Å²) in [7, 11) is 0. The number of benzene rings is 2. The Morgan fingerprint density at radius 1 is 0.762 bits per heavy atom. The number of rotatable bonds is 7. The van der Waals surface area contributed by atoms with E-state index in [2.05, 4.69) is 6.92 Å². The van der Waals surface area contributed by atoms with Crippen LogP contribution in [0.4, 0.5) is 30.7 Å². The molecule has 1 aliphatic heterocycles. The van der Waals surface area contributed by atoms with Gasteiger partial charge >= 0.3 is 12.3 Å². The Balaban J connectivity index is 1.13. The molecule has 2 aromatic carbocycles. The fourth-order valence-electron chi connectivity index (χ4n) is 6.69. The predicted octanol–water partition coefficient (Wildman–Crippen LogP) is 9.50. The van der Waals surface area contributed by atoms with E-state index in [1.54, 1.807) is 12.1 Å². The van der Waals surface area contributed by atoms with E-state index in [1.165, 1.54) is 31.7 Å². The first-order valence-corrected chi connectivity index (χ1v) is 14.8. The van der Waals surface area contributed by atoms with E-state index in [9.17, 15) is 26.3 Å². The van der Waals surface area contributed by atoms with Gasteiger partial charge in [0.1, 0.15) is 17.4 Å². The maximum Gasteiger partial charge on any atom is 0.400 e. The van der Waals surface area contributed by atoms with Crippen LogP contribution in [-0.4, -0.2) is 25.5 Å². The van der Waals surface area contributed by atoms with Crippen LogP contribution in [0.15, 0.2) is 36.4 Å². The summed E-state index contributed by atoms with van der Waals surface area (Å²) in [5.74, 6) is -1.96. The van der Waals surface area contributed by atoms with Crippen LogP contribution >= 0.6 is 0 Å². The number of alkyl halides is 5. The van der Waals surface area contributed by atoms with Crippen LogP contribution < -0.4 is 4.74 Å². The Bertz CT molecular complexity index is 1190. The Labute approximate surface area is 241 Å². The monoisotopic (exact) mass is 602 g/mol. The number of hydrogen-bond donors (Lipinski definition) is 0. The van der Waals surface area contributed by atoms with Crippen LogP contribution in [-0.2, 0) is 15.9 Å². The minimum atomic E-state index is -4.63. The van der Waals surface area contributed by atoms with Gasteiger partial charge in [-0.15, -0.1) is 0 Å². The minimum absolute atomic E-state index is 0.0453. The third-order valence-electron chi connectivity index (χ3n) is 9.26. The third-order valence-corrected chi connectivity index (χ3v) is 9.26. The standard InChI is InChI=1S/C32H37F7O3/c1-19-2-4-20(5-3-19)24-17-40-30(41-18-24)22-9-13-27(29(34)14-22)21-6-10-25(11-7-21)32(38,39)42-26-12-8-23(28(33)15-26)16-31(35,36)37/h8-9,12-15,19-21,24-25,30H,2-7,10-11,16-18H2,1H3. The zero-order valence-corrected chi connectivity index (χ0v) is 23.6. The summed E-state index contributed by atoms with van der Waals surface area (Å²) >= 11 is 0. The maximum atomic E-state index is 15.2. The highest BCUT2D eigenvalue weighted by Gasteiger charge is 2.44. The summed E-state index contributed by atoms with van der Waals surface area (Å²) in [4.78, 5) is 0. The van der Waals surface area contributed by atoms with E-state index in [0.29, 0.717) is 55.1 Å². The molecule has 2 aromatic rings. The maximum absolute atomic E-state index is 15.2. The Hall–Kier alpha value is -2.33. The van der Waals surface area contributed by atoms with Crippen LogP contribution in [0, 0.1) is 35.3 Å². The van der Waals surface area contributed by atoms with Gasteiger partial charge in [0.25, 0.3) is 0 Å². The molecule has 3 nitrogen and oxygen atoms in total. The molecule has 0 spiro atoms. The van der Waals surface area contributed by atoms with Crippen molar-refractivity contribution in [2.45, 2.75) is 89.2 Å². The molecule has 0 unspecified atom stereocenters. The van der Waals surface area contributed by atoms with Crippen molar-refractivity contribution < 1.29 is 44.9 Å². The zero-order chi connectivity index (χ0) is 30.1. The van der Waals surface area contributed by atoms with Gasteiger partial charge < -0.3 is 14.2 Å². The Kier molecular flexibility index (Phi) is 9.42. The summed E-state index contributed by atoms with van der Waals surface area (Å²) in [5, 5.41) is 0. The lowest BCUT2D eigenvalue weighted by Gasteiger charge is -2.37. The van der Waals surface area contributed by atoms with E-state index in [-0.39, 0.29) is 18.8 Å². The SMILES string of the molecule is CC1CCC(C2COC(c3ccc(C4CCC(C(F)(F)Oc5ccc(CC(F)(F)F)c(F)c5)CC4)c(F)c3)OC2)CC1. The fraction of sp³-hybridized carbons (Fsp3) is 0.625. The molecule has 0 bridgehead atoms. The lowest BCUT2D eigenvalue weighted by molar-refractivity contribution is -0.222. The summed E-state index contributed by atoms with van der Waals surface area (Å²) in [6.07, 6.45) is -4.90. The van der Waals surface area contributed by atoms with Gasteiger partial charge in [0.2, 0.25) is 0 Å². The Morgan fingerprint density at radius 3 is 2.02 bits per heavy atom. The first-order valence-electron chi connectivity index (χ1n) is 14.8. The smallest absolute Gasteiger partial charge is 0.400 e. The van der Waals surface area contributed by atoms with Crippen molar-refractivity contribution in [3.05, 3.63) is 64.7 Å². The Morgan fingerprint density at radius 2 is 1.43 bits per heavy atom. The molecule has 3 fully saturated rings. The molecule has 232 valence electrons. The normalized spacial score (nSPS) is 29.3. The van der Waals surface area contributed by atoms with Gasteiger partial charge in [-0.25, -0.2) is 8.78 Å². The average Bonchev–Trinajstić information content (AvgIpc) is 2.94. The molecule has 3 aliphatic rings. The summed E-state index contributed by atoms with van der Waals surface area (Å²) in [6.45, 7) is 3.45. The second-order valence-electron chi connectivity index (χ2n) is 12.3. The van der Waals surface area contributed by atoms with Gasteiger partial charge in [0.05, 0.1) is 25.6 Å². The zero-order valence-electron chi connectivity index (χ0n) is 23.6. The highest BCUT2D eigenvalue weighted by Crippen LogP contribution is 2.44.